The summed E-state index contributed by atoms with van der Waals surface area (Å²) in [7, 11) is 0. The number of aromatic nitrogens is 2. The Morgan fingerprint density at radius 3 is 2.72 bits per heavy atom. The van der Waals surface area contributed by atoms with E-state index >= 15 is 0 Å². The summed E-state index contributed by atoms with van der Waals surface area (Å²) in [5.41, 5.74) is 1.30. The largest absolute Gasteiger partial charge is 0.342 e. The third kappa shape index (κ3) is 3.46. The summed E-state index contributed by atoms with van der Waals surface area (Å²) in [6.07, 6.45) is 4.72. The van der Waals surface area contributed by atoms with Crippen LogP contribution in [0, 0.1) is 5.92 Å². The van der Waals surface area contributed by atoms with E-state index < -0.39 is 0 Å². The Balaban J connectivity index is 1.31. The summed E-state index contributed by atoms with van der Waals surface area (Å²) >= 11 is 0. The third-order valence-electron chi connectivity index (χ3n) is 5.45. The first-order valence-corrected chi connectivity index (χ1v) is 9.42. The maximum Gasteiger partial charge on any atom is 0.229 e. The minimum absolute atomic E-state index is 0.179. The normalized spacial score (nSPS) is 23.6. The SMILES string of the molecule is CCCc1noc(C2CCN(C(=O)[C@@H]3C[C@H]3c3ccccc3)CC2)n1. The lowest BCUT2D eigenvalue weighted by molar-refractivity contribution is -0.133. The molecule has 1 aliphatic carbocycles. The van der Waals surface area contributed by atoms with Crippen molar-refractivity contribution in [3.05, 3.63) is 47.6 Å². The van der Waals surface area contributed by atoms with Crippen molar-refractivity contribution in [1.29, 1.82) is 0 Å². The Labute approximate surface area is 148 Å². The molecule has 2 atom stereocenters. The molecular weight excluding hydrogens is 314 g/mol. The Kier molecular flexibility index (Phi) is 4.55. The molecular formula is C20H25N3O2. The van der Waals surface area contributed by atoms with Crippen LogP contribution in [0.15, 0.2) is 34.9 Å². The molecule has 5 heteroatoms. The second-order valence-corrected chi connectivity index (χ2v) is 7.26. The number of amides is 1. The van der Waals surface area contributed by atoms with E-state index in [4.69, 9.17) is 4.52 Å². The molecule has 1 saturated carbocycles. The molecule has 1 aromatic carbocycles. The molecule has 0 unspecified atom stereocenters. The van der Waals surface area contributed by atoms with Crippen LogP contribution in [0.3, 0.4) is 0 Å². The van der Waals surface area contributed by atoms with Gasteiger partial charge >= 0.3 is 0 Å². The van der Waals surface area contributed by atoms with Gasteiger partial charge in [-0.15, -0.1) is 0 Å². The Hall–Kier alpha value is -2.17. The fraction of sp³-hybridized carbons (Fsp3) is 0.550. The molecule has 0 bridgehead atoms. The molecule has 1 aromatic heterocycles. The van der Waals surface area contributed by atoms with Crippen LogP contribution in [-0.2, 0) is 11.2 Å². The minimum Gasteiger partial charge on any atom is -0.342 e. The van der Waals surface area contributed by atoms with Gasteiger partial charge in [0.15, 0.2) is 5.82 Å². The number of hydrogen-bond donors (Lipinski definition) is 0. The smallest absolute Gasteiger partial charge is 0.229 e. The van der Waals surface area contributed by atoms with Crippen molar-refractivity contribution >= 4 is 5.91 Å². The maximum atomic E-state index is 12.8. The summed E-state index contributed by atoms with van der Waals surface area (Å²) in [4.78, 5) is 19.3. The van der Waals surface area contributed by atoms with Gasteiger partial charge < -0.3 is 9.42 Å². The molecule has 2 aliphatic rings. The van der Waals surface area contributed by atoms with Gasteiger partial charge in [-0.2, -0.15) is 4.98 Å². The highest BCUT2D eigenvalue weighted by Gasteiger charge is 2.46. The van der Waals surface area contributed by atoms with E-state index in [1.807, 2.05) is 11.0 Å². The van der Waals surface area contributed by atoms with Gasteiger partial charge in [0, 0.05) is 31.3 Å². The van der Waals surface area contributed by atoms with E-state index in [-0.39, 0.29) is 5.92 Å². The number of benzene rings is 1. The highest BCUT2D eigenvalue weighted by molar-refractivity contribution is 5.83. The van der Waals surface area contributed by atoms with Crippen molar-refractivity contribution in [1.82, 2.24) is 15.0 Å². The van der Waals surface area contributed by atoms with Crippen LogP contribution in [-0.4, -0.2) is 34.0 Å². The topological polar surface area (TPSA) is 59.2 Å². The van der Waals surface area contributed by atoms with E-state index in [0.29, 0.717) is 17.7 Å². The van der Waals surface area contributed by atoms with E-state index in [0.717, 1.165) is 56.9 Å². The highest BCUT2D eigenvalue weighted by Crippen LogP contribution is 2.48. The second-order valence-electron chi connectivity index (χ2n) is 7.26. The van der Waals surface area contributed by atoms with Crippen LogP contribution in [0.5, 0.6) is 0 Å². The zero-order valence-corrected chi connectivity index (χ0v) is 14.7. The van der Waals surface area contributed by atoms with Gasteiger partial charge in [0.1, 0.15) is 0 Å². The maximum absolute atomic E-state index is 12.8. The molecule has 1 saturated heterocycles. The molecule has 2 fully saturated rings. The molecule has 1 aliphatic heterocycles. The first-order chi connectivity index (χ1) is 12.3. The zero-order chi connectivity index (χ0) is 17.2. The van der Waals surface area contributed by atoms with Crippen LogP contribution in [0.25, 0.3) is 0 Å². The Morgan fingerprint density at radius 2 is 2.00 bits per heavy atom. The fourth-order valence-corrected chi connectivity index (χ4v) is 3.88. The molecule has 2 aromatic rings. The third-order valence-corrected chi connectivity index (χ3v) is 5.45. The summed E-state index contributed by atoms with van der Waals surface area (Å²) in [5, 5.41) is 4.05. The minimum atomic E-state index is 0.179. The van der Waals surface area contributed by atoms with Crippen LogP contribution in [0.4, 0.5) is 0 Å². The number of nitrogens with zero attached hydrogens (tertiary/aromatic N) is 3. The van der Waals surface area contributed by atoms with Gasteiger partial charge in [-0.05, 0) is 37.2 Å². The lowest BCUT2D eigenvalue weighted by Crippen LogP contribution is -2.39. The number of carbonyl (C=O) groups is 1. The number of hydrogen-bond acceptors (Lipinski definition) is 4. The van der Waals surface area contributed by atoms with Crippen molar-refractivity contribution in [2.24, 2.45) is 5.92 Å². The first kappa shape index (κ1) is 16.3. The molecule has 0 spiro atoms. The van der Waals surface area contributed by atoms with Gasteiger partial charge in [0.25, 0.3) is 0 Å². The van der Waals surface area contributed by atoms with E-state index in [9.17, 15) is 4.79 Å². The standard InChI is InChI=1S/C20H25N3O2/c1-2-6-18-21-19(25-22-18)15-9-11-23(12-10-15)20(24)17-13-16(17)14-7-4-3-5-8-14/h3-5,7-8,15-17H,2,6,9-13H2,1H3/t16-,17+/m0/s1. The van der Waals surface area contributed by atoms with Crippen molar-refractivity contribution in [2.75, 3.05) is 13.1 Å². The first-order valence-electron chi connectivity index (χ1n) is 9.42. The second kappa shape index (κ2) is 6.98. The number of piperidine rings is 1. The summed E-state index contributed by atoms with van der Waals surface area (Å²) in [6.45, 7) is 3.71. The number of aryl methyl sites for hydroxylation is 1. The van der Waals surface area contributed by atoms with Crippen molar-refractivity contribution in [3.8, 4) is 0 Å². The average Bonchev–Trinajstić information content (AvgIpc) is 3.33. The molecule has 2 heterocycles. The number of carbonyl (C=O) groups excluding carboxylic acids is 1. The molecule has 0 N–H and O–H groups in total. The zero-order valence-electron chi connectivity index (χ0n) is 14.7. The number of rotatable bonds is 5. The summed E-state index contributed by atoms with van der Waals surface area (Å²) in [5.74, 6) is 2.78. The molecule has 25 heavy (non-hydrogen) atoms. The van der Waals surface area contributed by atoms with Crippen molar-refractivity contribution in [3.63, 3.8) is 0 Å². The Bertz CT molecular complexity index is 720. The predicted molar refractivity (Wildman–Crippen MR) is 94.1 cm³/mol. The lowest BCUT2D eigenvalue weighted by Gasteiger charge is -2.30. The van der Waals surface area contributed by atoms with E-state index in [1.165, 1.54) is 5.56 Å². The van der Waals surface area contributed by atoms with Crippen molar-refractivity contribution < 1.29 is 9.32 Å². The van der Waals surface area contributed by atoms with Crippen LogP contribution >= 0.6 is 0 Å². The Morgan fingerprint density at radius 1 is 1.24 bits per heavy atom. The van der Waals surface area contributed by atoms with E-state index in [1.54, 1.807) is 0 Å². The van der Waals surface area contributed by atoms with E-state index in [2.05, 4.69) is 41.3 Å². The van der Waals surface area contributed by atoms with Crippen molar-refractivity contribution in [2.45, 2.75) is 50.9 Å². The van der Waals surface area contributed by atoms with Gasteiger partial charge in [-0.1, -0.05) is 42.4 Å². The summed E-state index contributed by atoms with van der Waals surface area (Å²) < 4.78 is 5.42. The predicted octanol–water partition coefficient (Wildman–Crippen LogP) is 3.53. The quantitative estimate of drug-likeness (QED) is 0.836. The lowest BCUT2D eigenvalue weighted by atomic mass is 9.96. The van der Waals surface area contributed by atoms with Gasteiger partial charge in [0.2, 0.25) is 11.8 Å². The molecule has 5 nitrogen and oxygen atoms in total. The highest BCUT2D eigenvalue weighted by atomic mass is 16.5. The van der Waals surface area contributed by atoms with Crippen LogP contribution in [0.2, 0.25) is 0 Å². The van der Waals surface area contributed by atoms with Gasteiger partial charge in [0.05, 0.1) is 0 Å². The van der Waals surface area contributed by atoms with Crippen LogP contribution in [0.1, 0.15) is 61.7 Å². The fourth-order valence-electron chi connectivity index (χ4n) is 3.88. The molecule has 132 valence electrons. The van der Waals surface area contributed by atoms with Crippen LogP contribution < -0.4 is 0 Å². The van der Waals surface area contributed by atoms with Gasteiger partial charge in [-0.25, -0.2) is 0 Å². The van der Waals surface area contributed by atoms with Gasteiger partial charge in [-0.3, -0.25) is 4.79 Å². The monoisotopic (exact) mass is 339 g/mol. The average molecular weight is 339 g/mol. The molecule has 4 rings (SSSR count). The molecule has 1 amide bonds. The number of likely N-dealkylation sites (tertiary alicyclic amines) is 1. The molecule has 0 radical (unpaired) electrons. The summed E-state index contributed by atoms with van der Waals surface area (Å²) in [6, 6.07) is 10.4.